The highest BCUT2D eigenvalue weighted by Gasteiger charge is 2.12. The summed E-state index contributed by atoms with van der Waals surface area (Å²) in [7, 11) is 0. The molecule has 0 aliphatic rings. The number of nitrogens with one attached hydrogen (secondary N) is 3. The van der Waals surface area contributed by atoms with Crippen LogP contribution in [0.4, 0.5) is 17.6 Å². The van der Waals surface area contributed by atoms with E-state index in [1.54, 1.807) is 18.3 Å². The van der Waals surface area contributed by atoms with E-state index >= 15 is 0 Å². The molecular weight excluding hydrogens is 359 g/mol. The second-order valence-corrected chi connectivity index (χ2v) is 6.44. The van der Waals surface area contributed by atoms with Gasteiger partial charge >= 0.3 is 0 Å². The number of hydrogen-bond acceptors (Lipinski definition) is 5. The monoisotopic (exact) mass is 370 g/mol. The number of rotatable bonds is 4. The van der Waals surface area contributed by atoms with E-state index in [2.05, 4.69) is 30.6 Å². The Kier molecular flexibility index (Phi) is 4.48. The number of H-pyrrole nitrogens is 1. The van der Waals surface area contributed by atoms with Crippen LogP contribution < -0.4 is 10.6 Å². The predicted octanol–water partition coefficient (Wildman–Crippen LogP) is 4.88. The largest absolute Gasteiger partial charge is 0.352 e. The van der Waals surface area contributed by atoms with Gasteiger partial charge in [0.1, 0.15) is 5.52 Å². The Morgan fingerprint density at radius 3 is 2.43 bits per heavy atom. The van der Waals surface area contributed by atoms with Crippen LogP contribution >= 0.6 is 34.8 Å². The molecule has 9 heteroatoms. The number of benzene rings is 1. The van der Waals surface area contributed by atoms with Crippen LogP contribution in [-0.4, -0.2) is 26.0 Å². The first kappa shape index (κ1) is 16.1. The fraction of sp³-hybridized carbons (Fsp3) is 0.214. The van der Waals surface area contributed by atoms with E-state index < -0.39 is 0 Å². The van der Waals surface area contributed by atoms with Crippen LogP contribution in [0.3, 0.4) is 0 Å². The van der Waals surface area contributed by atoms with Crippen molar-refractivity contribution in [3.8, 4) is 0 Å². The number of halogens is 3. The predicted molar refractivity (Wildman–Crippen MR) is 95.2 cm³/mol. The van der Waals surface area contributed by atoms with E-state index in [-0.39, 0.29) is 6.04 Å². The first-order valence-electron chi connectivity index (χ1n) is 6.83. The number of aromatic amines is 1. The molecule has 0 atom stereocenters. The number of fused-ring (bicyclic) bond motifs is 1. The molecule has 0 saturated heterocycles. The molecule has 6 nitrogen and oxygen atoms in total. The van der Waals surface area contributed by atoms with Crippen molar-refractivity contribution in [2.24, 2.45) is 0 Å². The lowest BCUT2D eigenvalue weighted by Crippen LogP contribution is -2.12. The number of imidazole rings is 1. The fourth-order valence-electron chi connectivity index (χ4n) is 1.97. The topological polar surface area (TPSA) is 78.5 Å². The molecule has 1 aromatic carbocycles. The first-order valence-corrected chi connectivity index (χ1v) is 7.96. The maximum Gasteiger partial charge on any atom is 0.225 e. The van der Waals surface area contributed by atoms with E-state index in [0.29, 0.717) is 43.8 Å². The third kappa shape index (κ3) is 3.60. The van der Waals surface area contributed by atoms with Crippen LogP contribution in [0.1, 0.15) is 13.8 Å². The molecule has 2 aromatic heterocycles. The summed E-state index contributed by atoms with van der Waals surface area (Å²) >= 11 is 18.2. The molecule has 23 heavy (non-hydrogen) atoms. The molecule has 3 aromatic rings. The normalized spacial score (nSPS) is 11.2. The summed E-state index contributed by atoms with van der Waals surface area (Å²) in [5.41, 5.74) is 1.75. The van der Waals surface area contributed by atoms with Crippen LogP contribution in [0.25, 0.3) is 11.2 Å². The molecule has 0 radical (unpaired) electrons. The Bertz CT molecular complexity index is 838. The van der Waals surface area contributed by atoms with Gasteiger partial charge < -0.3 is 15.6 Å². The van der Waals surface area contributed by atoms with Gasteiger partial charge in [0.05, 0.1) is 21.9 Å². The van der Waals surface area contributed by atoms with E-state index in [1.165, 1.54) is 0 Å². The summed E-state index contributed by atoms with van der Waals surface area (Å²) in [6.07, 6.45) is 1.66. The third-order valence-corrected chi connectivity index (χ3v) is 3.72. The zero-order chi connectivity index (χ0) is 16.6. The average Bonchev–Trinajstić information content (AvgIpc) is 2.84. The highest BCUT2D eigenvalue weighted by atomic mass is 35.5. The zero-order valence-electron chi connectivity index (χ0n) is 12.3. The lowest BCUT2D eigenvalue weighted by Gasteiger charge is -2.08. The van der Waals surface area contributed by atoms with Gasteiger partial charge in [-0.05, 0) is 26.0 Å². The number of aromatic nitrogens is 4. The fourth-order valence-corrected chi connectivity index (χ4v) is 2.89. The maximum atomic E-state index is 6.15. The Hall–Kier alpha value is -1.76. The molecule has 0 aliphatic heterocycles. The summed E-state index contributed by atoms with van der Waals surface area (Å²) in [4.78, 5) is 16.0. The Balaban J connectivity index is 1.92. The summed E-state index contributed by atoms with van der Waals surface area (Å²) in [5, 5.41) is 7.43. The SMILES string of the molecule is CC(C)Nc1ncc2[nH]c(Nc3c(Cl)cc(Cl)cc3Cl)nc2n1. The Labute approximate surface area is 147 Å². The van der Waals surface area contributed by atoms with Gasteiger partial charge in [-0.3, -0.25) is 0 Å². The lowest BCUT2D eigenvalue weighted by atomic mass is 10.3. The number of anilines is 3. The highest BCUT2D eigenvalue weighted by Crippen LogP contribution is 2.35. The van der Waals surface area contributed by atoms with Crippen molar-refractivity contribution in [3.63, 3.8) is 0 Å². The van der Waals surface area contributed by atoms with Gasteiger partial charge in [0.25, 0.3) is 0 Å². The molecule has 0 spiro atoms. The van der Waals surface area contributed by atoms with Crippen molar-refractivity contribution in [1.82, 2.24) is 19.9 Å². The summed E-state index contributed by atoms with van der Waals surface area (Å²) < 4.78 is 0. The molecular formula is C14H13Cl3N6. The second kappa shape index (κ2) is 6.39. The van der Waals surface area contributed by atoms with Gasteiger partial charge in [-0.15, -0.1) is 0 Å². The Morgan fingerprint density at radius 2 is 1.78 bits per heavy atom. The van der Waals surface area contributed by atoms with Crippen LogP contribution in [0.15, 0.2) is 18.3 Å². The summed E-state index contributed by atoms with van der Waals surface area (Å²) in [6, 6.07) is 3.44. The van der Waals surface area contributed by atoms with Gasteiger partial charge in [-0.2, -0.15) is 9.97 Å². The summed E-state index contributed by atoms with van der Waals surface area (Å²) in [5.74, 6) is 0.982. The van der Waals surface area contributed by atoms with Crippen LogP contribution in [-0.2, 0) is 0 Å². The molecule has 0 aliphatic carbocycles. The van der Waals surface area contributed by atoms with Crippen molar-refractivity contribution >= 4 is 63.6 Å². The minimum atomic E-state index is 0.232. The molecule has 0 saturated carbocycles. The second-order valence-electron chi connectivity index (χ2n) is 5.18. The van der Waals surface area contributed by atoms with Gasteiger partial charge in [0.2, 0.25) is 11.9 Å². The van der Waals surface area contributed by atoms with Crippen LogP contribution in [0.2, 0.25) is 15.1 Å². The zero-order valence-corrected chi connectivity index (χ0v) is 14.6. The molecule has 2 heterocycles. The smallest absolute Gasteiger partial charge is 0.225 e. The number of nitrogens with zero attached hydrogens (tertiary/aromatic N) is 3. The van der Waals surface area contributed by atoms with E-state index in [1.807, 2.05) is 13.8 Å². The highest BCUT2D eigenvalue weighted by molar-refractivity contribution is 6.41. The molecule has 0 bridgehead atoms. The molecule has 0 unspecified atom stereocenters. The van der Waals surface area contributed by atoms with Crippen LogP contribution in [0, 0.1) is 0 Å². The van der Waals surface area contributed by atoms with Gasteiger partial charge in [-0.25, -0.2) is 4.98 Å². The molecule has 120 valence electrons. The average molecular weight is 372 g/mol. The molecule has 0 amide bonds. The molecule has 3 rings (SSSR count). The quantitative estimate of drug-likeness (QED) is 0.609. The Morgan fingerprint density at radius 1 is 1.09 bits per heavy atom. The van der Waals surface area contributed by atoms with Crippen molar-refractivity contribution in [2.75, 3.05) is 10.6 Å². The maximum absolute atomic E-state index is 6.15. The van der Waals surface area contributed by atoms with Crippen molar-refractivity contribution in [1.29, 1.82) is 0 Å². The minimum absolute atomic E-state index is 0.232. The van der Waals surface area contributed by atoms with Crippen molar-refractivity contribution < 1.29 is 0 Å². The number of hydrogen-bond donors (Lipinski definition) is 3. The summed E-state index contributed by atoms with van der Waals surface area (Å²) in [6.45, 7) is 4.02. The minimum Gasteiger partial charge on any atom is -0.352 e. The lowest BCUT2D eigenvalue weighted by molar-refractivity contribution is 0.877. The van der Waals surface area contributed by atoms with Crippen LogP contribution in [0.5, 0.6) is 0 Å². The first-order chi connectivity index (χ1) is 10.9. The van der Waals surface area contributed by atoms with Crippen molar-refractivity contribution in [2.45, 2.75) is 19.9 Å². The van der Waals surface area contributed by atoms with Gasteiger partial charge in [0.15, 0.2) is 5.65 Å². The van der Waals surface area contributed by atoms with E-state index in [9.17, 15) is 0 Å². The van der Waals surface area contributed by atoms with Gasteiger partial charge in [0, 0.05) is 11.1 Å². The molecule has 0 fully saturated rings. The van der Waals surface area contributed by atoms with E-state index in [4.69, 9.17) is 34.8 Å². The van der Waals surface area contributed by atoms with Gasteiger partial charge in [-0.1, -0.05) is 34.8 Å². The standard InChI is InChI=1S/C14H13Cl3N6/c1-6(2)19-13-18-5-10-12(22-13)23-14(20-10)21-11-8(16)3-7(15)4-9(11)17/h3-6H,1-2H3,(H3,18,19,20,21,22,23). The van der Waals surface area contributed by atoms with Crippen molar-refractivity contribution in [3.05, 3.63) is 33.4 Å². The molecule has 3 N–H and O–H groups in total. The third-order valence-electron chi connectivity index (χ3n) is 2.91. The van der Waals surface area contributed by atoms with E-state index in [0.717, 1.165) is 0 Å².